The van der Waals surface area contributed by atoms with Crippen molar-refractivity contribution < 1.29 is 8.42 Å². The minimum Gasteiger partial charge on any atom is -0.359 e. The molecule has 21 heavy (non-hydrogen) atoms. The van der Waals surface area contributed by atoms with Gasteiger partial charge in [0.15, 0.2) is 5.13 Å². The van der Waals surface area contributed by atoms with Gasteiger partial charge in [-0.3, -0.25) is 0 Å². The van der Waals surface area contributed by atoms with Crippen LogP contribution in [0.1, 0.15) is 17.7 Å². The van der Waals surface area contributed by atoms with E-state index < -0.39 is 10.0 Å². The molecule has 8 heteroatoms. The lowest BCUT2D eigenvalue weighted by molar-refractivity contribution is 0.588. The number of sulfonamides is 1. The summed E-state index contributed by atoms with van der Waals surface area (Å²) in [6.07, 6.45) is 4.36. The summed E-state index contributed by atoms with van der Waals surface area (Å²) >= 11 is 3.30. The van der Waals surface area contributed by atoms with E-state index in [9.17, 15) is 8.42 Å². The Morgan fingerprint density at radius 3 is 2.90 bits per heavy atom. The van der Waals surface area contributed by atoms with Gasteiger partial charge in [-0.2, -0.15) is 0 Å². The fourth-order valence-electron chi connectivity index (χ4n) is 1.87. The van der Waals surface area contributed by atoms with Crippen LogP contribution in [-0.4, -0.2) is 32.2 Å². The lowest BCUT2D eigenvalue weighted by Gasteiger charge is -1.99. The molecule has 114 valence electrons. The van der Waals surface area contributed by atoms with Crippen molar-refractivity contribution in [3.8, 4) is 10.6 Å². The molecule has 2 N–H and O–H groups in total. The molecule has 3 rings (SSSR count). The number of hydrogen-bond donors (Lipinski definition) is 2. The fourth-order valence-corrected chi connectivity index (χ4v) is 4.17. The van der Waals surface area contributed by atoms with Gasteiger partial charge in [-0.1, -0.05) is 0 Å². The molecule has 2 aromatic heterocycles. The van der Waals surface area contributed by atoms with Crippen molar-refractivity contribution in [1.29, 1.82) is 0 Å². The van der Waals surface area contributed by atoms with E-state index >= 15 is 0 Å². The molecule has 0 aliphatic heterocycles. The Balaban J connectivity index is 1.59. The van der Waals surface area contributed by atoms with Crippen LogP contribution in [0.2, 0.25) is 0 Å². The number of thiazole rings is 1. The number of rotatable bonds is 7. The van der Waals surface area contributed by atoms with E-state index in [4.69, 9.17) is 0 Å². The molecule has 0 bridgehead atoms. The Labute approximate surface area is 132 Å². The molecule has 1 fully saturated rings. The van der Waals surface area contributed by atoms with E-state index in [2.05, 4.69) is 26.5 Å². The third kappa shape index (κ3) is 4.50. The summed E-state index contributed by atoms with van der Waals surface area (Å²) in [6.45, 7) is 0.435. The van der Waals surface area contributed by atoms with Gasteiger partial charge in [-0.15, -0.1) is 22.7 Å². The lowest BCUT2D eigenvalue weighted by Crippen LogP contribution is -2.23. The predicted molar refractivity (Wildman–Crippen MR) is 88.6 cm³/mol. The van der Waals surface area contributed by atoms with E-state index in [1.54, 1.807) is 22.7 Å². The lowest BCUT2D eigenvalue weighted by atomic mass is 10.3. The topological polar surface area (TPSA) is 71.1 Å². The number of thiophene rings is 1. The van der Waals surface area contributed by atoms with Gasteiger partial charge in [0.1, 0.15) is 0 Å². The molecular weight excluding hydrogens is 326 g/mol. The van der Waals surface area contributed by atoms with Gasteiger partial charge < -0.3 is 5.32 Å². The number of nitrogens with zero attached hydrogens (tertiary/aromatic N) is 1. The maximum Gasteiger partial charge on any atom is 0.208 e. The Bertz CT molecular complexity index is 717. The summed E-state index contributed by atoms with van der Waals surface area (Å²) < 4.78 is 24.5. The van der Waals surface area contributed by atoms with Crippen LogP contribution in [0.15, 0.2) is 17.5 Å². The minimum atomic E-state index is -3.11. The fraction of sp³-hybridized carbons (Fsp3) is 0.462. The van der Waals surface area contributed by atoms with Gasteiger partial charge in [0, 0.05) is 22.8 Å². The number of anilines is 1. The smallest absolute Gasteiger partial charge is 0.208 e. The molecule has 2 aromatic rings. The van der Waals surface area contributed by atoms with Crippen molar-refractivity contribution in [1.82, 2.24) is 9.71 Å². The molecule has 0 radical (unpaired) electrons. The van der Waals surface area contributed by atoms with Crippen LogP contribution in [0.3, 0.4) is 0 Å². The molecular formula is C13H17N3O2S3. The summed E-state index contributed by atoms with van der Waals surface area (Å²) in [4.78, 5) is 6.89. The van der Waals surface area contributed by atoms with E-state index in [-0.39, 0.29) is 0 Å². The highest BCUT2D eigenvalue weighted by Gasteiger charge is 2.22. The van der Waals surface area contributed by atoms with Gasteiger partial charge in [-0.05, 0) is 31.4 Å². The summed E-state index contributed by atoms with van der Waals surface area (Å²) in [6, 6.07) is 4.71. The highest BCUT2D eigenvalue weighted by atomic mass is 32.2. The third-order valence-electron chi connectivity index (χ3n) is 3.06. The number of nitrogens with one attached hydrogen (secondary N) is 2. The quantitative estimate of drug-likeness (QED) is 0.810. The summed E-state index contributed by atoms with van der Waals surface area (Å²) in [5, 5.41) is 6.45. The molecule has 0 unspecified atom stereocenters. The highest BCUT2D eigenvalue weighted by molar-refractivity contribution is 7.88. The molecule has 0 aromatic carbocycles. The first-order valence-electron chi connectivity index (χ1n) is 6.75. The van der Waals surface area contributed by atoms with Crippen molar-refractivity contribution >= 4 is 37.8 Å². The second-order valence-electron chi connectivity index (χ2n) is 5.14. The van der Waals surface area contributed by atoms with Crippen LogP contribution in [0.4, 0.5) is 5.13 Å². The predicted octanol–water partition coefficient (Wildman–Crippen LogP) is 2.54. The van der Waals surface area contributed by atoms with Crippen molar-refractivity contribution in [3.05, 3.63) is 22.4 Å². The Morgan fingerprint density at radius 2 is 2.19 bits per heavy atom. The molecule has 2 heterocycles. The largest absolute Gasteiger partial charge is 0.359 e. The molecule has 0 amide bonds. The van der Waals surface area contributed by atoms with Gasteiger partial charge in [0.05, 0.1) is 16.8 Å². The van der Waals surface area contributed by atoms with Crippen LogP contribution in [0.25, 0.3) is 10.6 Å². The molecule has 5 nitrogen and oxygen atoms in total. The van der Waals surface area contributed by atoms with Crippen LogP contribution in [0, 0.1) is 0 Å². The van der Waals surface area contributed by atoms with E-state index in [0.717, 1.165) is 20.6 Å². The zero-order valence-corrected chi connectivity index (χ0v) is 14.1. The summed E-state index contributed by atoms with van der Waals surface area (Å²) in [7, 11) is -3.11. The minimum absolute atomic E-state index is 0.435. The zero-order chi connectivity index (χ0) is 14.9. The molecule has 1 saturated carbocycles. The van der Waals surface area contributed by atoms with Gasteiger partial charge in [0.25, 0.3) is 0 Å². The standard InChI is InChI=1S/C13H17N3O2S3/c1-21(17,18)14-7-6-10-4-5-12(20-10)11-8-19-13(16-11)15-9-2-3-9/h4-5,8-9,14H,2-3,6-7H2,1H3,(H,15,16). The first-order valence-corrected chi connectivity index (χ1v) is 10.3. The first kappa shape index (κ1) is 15.0. The van der Waals surface area contributed by atoms with Gasteiger partial charge in [0.2, 0.25) is 10.0 Å². The van der Waals surface area contributed by atoms with E-state index in [0.29, 0.717) is 19.0 Å². The van der Waals surface area contributed by atoms with Crippen molar-refractivity contribution in [3.63, 3.8) is 0 Å². The molecule has 0 spiro atoms. The molecule has 1 aliphatic rings. The van der Waals surface area contributed by atoms with Gasteiger partial charge in [-0.25, -0.2) is 18.1 Å². The van der Waals surface area contributed by atoms with Crippen LogP contribution >= 0.6 is 22.7 Å². The van der Waals surface area contributed by atoms with Crippen molar-refractivity contribution in [2.24, 2.45) is 0 Å². The van der Waals surface area contributed by atoms with Crippen molar-refractivity contribution in [2.75, 3.05) is 18.1 Å². The molecule has 1 aliphatic carbocycles. The van der Waals surface area contributed by atoms with E-state index in [1.165, 1.54) is 19.1 Å². The Kier molecular flexibility index (Phi) is 4.30. The average molecular weight is 343 g/mol. The third-order valence-corrected chi connectivity index (χ3v) is 5.73. The molecule has 0 saturated heterocycles. The van der Waals surface area contributed by atoms with Gasteiger partial charge >= 0.3 is 0 Å². The normalized spacial score (nSPS) is 15.3. The van der Waals surface area contributed by atoms with Crippen LogP contribution < -0.4 is 10.0 Å². The highest BCUT2D eigenvalue weighted by Crippen LogP contribution is 2.33. The van der Waals surface area contributed by atoms with Crippen LogP contribution in [0.5, 0.6) is 0 Å². The van der Waals surface area contributed by atoms with Crippen molar-refractivity contribution in [2.45, 2.75) is 25.3 Å². The second kappa shape index (κ2) is 6.04. The maximum absolute atomic E-state index is 11.0. The maximum atomic E-state index is 11.0. The Morgan fingerprint density at radius 1 is 1.38 bits per heavy atom. The first-order chi connectivity index (χ1) is 9.99. The monoisotopic (exact) mass is 343 g/mol. The number of aromatic nitrogens is 1. The number of hydrogen-bond acceptors (Lipinski definition) is 6. The van der Waals surface area contributed by atoms with Crippen LogP contribution in [-0.2, 0) is 16.4 Å². The summed E-state index contributed by atoms with van der Waals surface area (Å²) in [5.41, 5.74) is 0.996. The zero-order valence-electron chi connectivity index (χ0n) is 11.6. The summed E-state index contributed by atoms with van der Waals surface area (Å²) in [5.74, 6) is 0. The average Bonchev–Trinajstić information content (AvgIpc) is 2.88. The SMILES string of the molecule is CS(=O)(=O)NCCc1ccc(-c2csc(NC3CC3)n2)s1. The molecule has 0 atom stereocenters. The van der Waals surface area contributed by atoms with E-state index in [1.807, 2.05) is 6.07 Å². The Hall–Kier alpha value is -0.960. The second-order valence-corrected chi connectivity index (χ2v) is 9.00.